The molecule has 17 heavy (non-hydrogen) atoms. The second-order valence-electron chi connectivity index (χ2n) is 5.19. The van der Waals surface area contributed by atoms with Crippen LogP contribution in [0.2, 0.25) is 0 Å². The van der Waals surface area contributed by atoms with Crippen LogP contribution >= 0.6 is 27.5 Å². The molecule has 0 heterocycles. The number of alkyl halides is 1. The Morgan fingerprint density at radius 1 is 1.53 bits per heavy atom. The molecule has 94 valence electrons. The number of rotatable bonds is 3. The minimum atomic E-state index is -0.166. The maximum Gasteiger partial charge on any atom is 0.127 e. The lowest BCUT2D eigenvalue weighted by atomic mass is 9.67. The van der Waals surface area contributed by atoms with Gasteiger partial charge in [0.15, 0.2) is 0 Å². The predicted octanol–water partition coefficient (Wildman–Crippen LogP) is 4.08. The molecular formula is C13H16BrClFN. The van der Waals surface area contributed by atoms with Crippen molar-refractivity contribution in [1.82, 2.24) is 5.32 Å². The third-order valence-corrected chi connectivity index (χ3v) is 4.93. The predicted molar refractivity (Wildman–Crippen MR) is 72.8 cm³/mol. The molecule has 1 aromatic carbocycles. The van der Waals surface area contributed by atoms with Gasteiger partial charge in [-0.15, -0.1) is 11.6 Å². The zero-order valence-corrected chi connectivity index (χ0v) is 12.3. The number of hydrogen-bond acceptors (Lipinski definition) is 1. The molecule has 1 saturated carbocycles. The highest BCUT2D eigenvalue weighted by atomic mass is 79.9. The molecule has 4 heteroatoms. The summed E-state index contributed by atoms with van der Waals surface area (Å²) in [6, 6.07) is 5.37. The van der Waals surface area contributed by atoms with E-state index in [1.807, 2.05) is 6.07 Å². The average Bonchev–Trinajstić information content (AvgIpc) is 2.28. The van der Waals surface area contributed by atoms with Crippen molar-refractivity contribution < 1.29 is 4.39 Å². The van der Waals surface area contributed by atoms with Gasteiger partial charge in [0.2, 0.25) is 0 Å². The Balaban J connectivity index is 1.97. The molecule has 1 fully saturated rings. The van der Waals surface area contributed by atoms with Crippen LogP contribution in [0, 0.1) is 11.2 Å². The standard InChI is InChI=1S/C13H16BrClFN/c1-13(2)11(15)6-12(13)17-7-8-5-9(14)3-4-10(8)16/h3-5,11-12,17H,6-7H2,1-2H3. The Kier molecular flexibility index (Phi) is 3.81. The van der Waals surface area contributed by atoms with Crippen LogP contribution in [0.3, 0.4) is 0 Å². The van der Waals surface area contributed by atoms with Crippen molar-refractivity contribution >= 4 is 27.5 Å². The van der Waals surface area contributed by atoms with Gasteiger partial charge in [-0.2, -0.15) is 0 Å². The molecule has 1 aliphatic rings. The summed E-state index contributed by atoms with van der Waals surface area (Å²) < 4.78 is 14.4. The van der Waals surface area contributed by atoms with Crippen molar-refractivity contribution in [2.24, 2.45) is 5.41 Å². The molecule has 0 radical (unpaired) electrons. The second-order valence-corrected chi connectivity index (χ2v) is 6.64. The fraction of sp³-hybridized carbons (Fsp3) is 0.538. The molecule has 0 aromatic heterocycles. The summed E-state index contributed by atoms with van der Waals surface area (Å²) in [5.74, 6) is -0.166. The van der Waals surface area contributed by atoms with Gasteiger partial charge in [0.25, 0.3) is 0 Å². The third kappa shape index (κ3) is 2.67. The van der Waals surface area contributed by atoms with E-state index in [2.05, 4.69) is 35.1 Å². The third-order valence-electron chi connectivity index (χ3n) is 3.69. The summed E-state index contributed by atoms with van der Waals surface area (Å²) in [5, 5.41) is 3.59. The Morgan fingerprint density at radius 2 is 2.24 bits per heavy atom. The maximum atomic E-state index is 13.5. The van der Waals surface area contributed by atoms with Crippen molar-refractivity contribution in [2.75, 3.05) is 0 Å². The summed E-state index contributed by atoms with van der Waals surface area (Å²) >= 11 is 9.50. The molecule has 1 nitrogen and oxygen atoms in total. The normalized spacial score (nSPS) is 26.6. The smallest absolute Gasteiger partial charge is 0.127 e. The largest absolute Gasteiger partial charge is 0.309 e. The van der Waals surface area contributed by atoms with Crippen molar-refractivity contribution in [2.45, 2.75) is 38.2 Å². The molecule has 0 bridgehead atoms. The van der Waals surface area contributed by atoms with Gasteiger partial charge in [-0.25, -0.2) is 4.39 Å². The minimum Gasteiger partial charge on any atom is -0.309 e. The maximum absolute atomic E-state index is 13.5. The monoisotopic (exact) mass is 319 g/mol. The van der Waals surface area contributed by atoms with Crippen LogP contribution in [0.15, 0.2) is 22.7 Å². The van der Waals surface area contributed by atoms with Crippen LogP contribution in [0.5, 0.6) is 0 Å². The number of nitrogens with one attached hydrogen (secondary N) is 1. The molecule has 1 aliphatic carbocycles. The van der Waals surface area contributed by atoms with Crippen molar-refractivity contribution in [3.05, 3.63) is 34.1 Å². The van der Waals surface area contributed by atoms with Gasteiger partial charge in [-0.1, -0.05) is 29.8 Å². The Morgan fingerprint density at radius 3 is 2.82 bits per heavy atom. The van der Waals surface area contributed by atoms with E-state index in [1.54, 1.807) is 6.07 Å². The minimum absolute atomic E-state index is 0.0873. The zero-order chi connectivity index (χ0) is 12.6. The van der Waals surface area contributed by atoms with Crippen LogP contribution in [-0.2, 0) is 6.54 Å². The van der Waals surface area contributed by atoms with Gasteiger partial charge in [0.1, 0.15) is 5.82 Å². The molecule has 1 aromatic rings. The topological polar surface area (TPSA) is 12.0 Å². The van der Waals surface area contributed by atoms with Gasteiger partial charge in [0.05, 0.1) is 0 Å². The van der Waals surface area contributed by atoms with Gasteiger partial charge in [-0.3, -0.25) is 0 Å². The van der Waals surface area contributed by atoms with Crippen LogP contribution in [0.1, 0.15) is 25.8 Å². The van der Waals surface area contributed by atoms with Crippen molar-refractivity contribution in [3.63, 3.8) is 0 Å². The molecule has 0 saturated heterocycles. The Hall–Kier alpha value is -0.120. The van der Waals surface area contributed by atoms with E-state index in [9.17, 15) is 4.39 Å². The highest BCUT2D eigenvalue weighted by molar-refractivity contribution is 9.10. The number of hydrogen-bond donors (Lipinski definition) is 1. The SMILES string of the molecule is CC1(C)C(Cl)CC1NCc1cc(Br)ccc1F. The summed E-state index contributed by atoms with van der Waals surface area (Å²) in [4.78, 5) is 0. The van der Waals surface area contributed by atoms with E-state index in [0.29, 0.717) is 18.2 Å². The first-order valence-electron chi connectivity index (χ1n) is 5.72. The lowest BCUT2D eigenvalue weighted by Gasteiger charge is -2.49. The fourth-order valence-corrected chi connectivity index (χ4v) is 2.87. The van der Waals surface area contributed by atoms with Gasteiger partial charge in [0, 0.05) is 28.0 Å². The van der Waals surface area contributed by atoms with Crippen molar-refractivity contribution in [1.29, 1.82) is 0 Å². The second kappa shape index (κ2) is 4.87. The number of benzene rings is 1. The van der Waals surface area contributed by atoms with E-state index in [0.717, 1.165) is 10.9 Å². The molecular weight excluding hydrogens is 305 g/mol. The van der Waals surface area contributed by atoms with Crippen molar-refractivity contribution in [3.8, 4) is 0 Å². The molecule has 2 unspecified atom stereocenters. The highest BCUT2D eigenvalue weighted by Crippen LogP contribution is 2.44. The van der Waals surface area contributed by atoms with Gasteiger partial charge < -0.3 is 5.32 Å². The summed E-state index contributed by atoms with van der Waals surface area (Å²) in [5.41, 5.74) is 0.775. The van der Waals surface area contributed by atoms with Gasteiger partial charge in [-0.05, 0) is 30.0 Å². The van der Waals surface area contributed by atoms with Crippen LogP contribution in [-0.4, -0.2) is 11.4 Å². The van der Waals surface area contributed by atoms with Crippen LogP contribution < -0.4 is 5.32 Å². The first-order valence-corrected chi connectivity index (χ1v) is 6.95. The first-order chi connectivity index (χ1) is 7.91. The Bertz CT molecular complexity index is 422. The number of halogens is 3. The van der Waals surface area contributed by atoms with E-state index in [4.69, 9.17) is 11.6 Å². The average molecular weight is 321 g/mol. The lowest BCUT2D eigenvalue weighted by molar-refractivity contribution is 0.115. The fourth-order valence-electron chi connectivity index (χ4n) is 2.13. The molecule has 2 rings (SSSR count). The highest BCUT2D eigenvalue weighted by Gasteiger charge is 2.46. The lowest BCUT2D eigenvalue weighted by Crippen LogP contribution is -2.57. The van der Waals surface area contributed by atoms with E-state index >= 15 is 0 Å². The molecule has 2 atom stereocenters. The summed E-state index contributed by atoms with van der Waals surface area (Å²) in [7, 11) is 0. The first kappa shape index (κ1) is 13.3. The van der Waals surface area contributed by atoms with E-state index in [-0.39, 0.29) is 16.6 Å². The van der Waals surface area contributed by atoms with Crippen LogP contribution in [0.4, 0.5) is 4.39 Å². The molecule has 0 amide bonds. The molecule has 1 N–H and O–H groups in total. The Labute approximate surface area is 115 Å². The zero-order valence-electron chi connectivity index (χ0n) is 9.93. The van der Waals surface area contributed by atoms with E-state index in [1.165, 1.54) is 6.07 Å². The molecule has 0 aliphatic heterocycles. The quantitative estimate of drug-likeness (QED) is 0.827. The summed E-state index contributed by atoms with van der Waals surface area (Å²) in [6.07, 6.45) is 0.949. The van der Waals surface area contributed by atoms with Gasteiger partial charge >= 0.3 is 0 Å². The summed E-state index contributed by atoms with van der Waals surface area (Å²) in [6.45, 7) is 4.83. The van der Waals surface area contributed by atoms with E-state index < -0.39 is 0 Å². The molecule has 0 spiro atoms. The van der Waals surface area contributed by atoms with Crippen LogP contribution in [0.25, 0.3) is 0 Å².